The molecule has 2 N–H and O–H groups in total. The van der Waals surface area contributed by atoms with Crippen molar-refractivity contribution in [3.8, 4) is 5.75 Å². The molecule has 0 aliphatic rings. The van der Waals surface area contributed by atoms with Crippen molar-refractivity contribution < 1.29 is 27.9 Å². The lowest BCUT2D eigenvalue weighted by molar-refractivity contribution is 0.0945. The van der Waals surface area contributed by atoms with E-state index in [9.17, 15) is 13.6 Å². The number of aliphatic hydroxyl groups excluding tert-OH is 1. The molecule has 0 unspecified atom stereocenters. The summed E-state index contributed by atoms with van der Waals surface area (Å²) in [4.78, 5) is 15.8. The number of nitrogens with one attached hydrogen (secondary N) is 1. The number of amides is 1. The highest BCUT2D eigenvalue weighted by Crippen LogP contribution is 2.23. The summed E-state index contributed by atoms with van der Waals surface area (Å²) in [5.41, 5.74) is -0.508. The molecule has 7 nitrogen and oxygen atoms in total. The van der Waals surface area contributed by atoms with Crippen LogP contribution < -0.4 is 10.1 Å². The standard InChI is InChI=1S/C13H13F2N3O4/c1-21-8-3-2-7(14)12(15)11(8)13(20)16-5-4-9-17-10(6-19)22-18-9/h2-3,19H,4-6H2,1H3,(H,16,20). The molecule has 1 aromatic carbocycles. The molecule has 0 radical (unpaired) electrons. The van der Waals surface area contributed by atoms with E-state index in [-0.39, 0.29) is 37.0 Å². The maximum absolute atomic E-state index is 13.7. The number of benzene rings is 1. The van der Waals surface area contributed by atoms with Gasteiger partial charge in [0.05, 0.1) is 7.11 Å². The van der Waals surface area contributed by atoms with E-state index < -0.39 is 23.1 Å². The lowest BCUT2D eigenvalue weighted by atomic mass is 10.1. The Kier molecular flexibility index (Phi) is 4.99. The largest absolute Gasteiger partial charge is 0.496 e. The van der Waals surface area contributed by atoms with E-state index >= 15 is 0 Å². The van der Waals surface area contributed by atoms with Gasteiger partial charge in [0.2, 0.25) is 0 Å². The minimum Gasteiger partial charge on any atom is -0.496 e. The second kappa shape index (κ2) is 6.94. The van der Waals surface area contributed by atoms with Crippen LogP contribution in [-0.2, 0) is 13.0 Å². The van der Waals surface area contributed by atoms with Gasteiger partial charge in [-0.15, -0.1) is 0 Å². The lowest BCUT2D eigenvalue weighted by Crippen LogP contribution is -2.27. The third-order valence-corrected chi connectivity index (χ3v) is 2.78. The summed E-state index contributed by atoms with van der Waals surface area (Å²) >= 11 is 0. The molecule has 0 aliphatic heterocycles. The Morgan fingerprint density at radius 1 is 1.45 bits per heavy atom. The van der Waals surface area contributed by atoms with E-state index in [1.807, 2.05) is 0 Å². The predicted octanol–water partition coefficient (Wildman–Crippen LogP) is 0.821. The first kappa shape index (κ1) is 15.8. The molecule has 0 fully saturated rings. The Hall–Kier alpha value is -2.55. The zero-order valence-corrected chi connectivity index (χ0v) is 11.6. The van der Waals surface area contributed by atoms with E-state index in [1.54, 1.807) is 0 Å². The number of aliphatic hydroxyl groups is 1. The van der Waals surface area contributed by atoms with Crippen LogP contribution in [0.15, 0.2) is 16.7 Å². The van der Waals surface area contributed by atoms with E-state index in [2.05, 4.69) is 20.0 Å². The number of carbonyl (C=O) groups is 1. The van der Waals surface area contributed by atoms with Crippen molar-refractivity contribution in [1.82, 2.24) is 15.5 Å². The average molecular weight is 313 g/mol. The normalized spacial score (nSPS) is 10.5. The quantitative estimate of drug-likeness (QED) is 0.819. The van der Waals surface area contributed by atoms with Crippen LogP contribution in [0.4, 0.5) is 8.78 Å². The van der Waals surface area contributed by atoms with Gasteiger partial charge in [-0.3, -0.25) is 4.79 Å². The van der Waals surface area contributed by atoms with E-state index in [4.69, 9.17) is 9.84 Å². The molecule has 0 aliphatic carbocycles. The predicted molar refractivity (Wildman–Crippen MR) is 69.2 cm³/mol. The van der Waals surface area contributed by atoms with Gasteiger partial charge in [-0.05, 0) is 12.1 Å². The molecule has 0 bridgehead atoms. The molecule has 0 spiro atoms. The lowest BCUT2D eigenvalue weighted by Gasteiger charge is -2.10. The number of hydrogen-bond acceptors (Lipinski definition) is 6. The summed E-state index contributed by atoms with van der Waals surface area (Å²) in [6.07, 6.45) is 0.203. The van der Waals surface area contributed by atoms with Crippen molar-refractivity contribution in [2.45, 2.75) is 13.0 Å². The highest BCUT2D eigenvalue weighted by Gasteiger charge is 2.21. The van der Waals surface area contributed by atoms with Crippen molar-refractivity contribution >= 4 is 5.91 Å². The van der Waals surface area contributed by atoms with Gasteiger partial charge in [-0.25, -0.2) is 8.78 Å². The van der Waals surface area contributed by atoms with Crippen LogP contribution in [0.2, 0.25) is 0 Å². The maximum Gasteiger partial charge on any atom is 0.258 e. The number of hydrogen-bond donors (Lipinski definition) is 2. The Bertz CT molecular complexity index is 675. The van der Waals surface area contributed by atoms with Gasteiger partial charge in [0.15, 0.2) is 17.5 Å². The number of rotatable bonds is 6. The number of nitrogens with zero attached hydrogens (tertiary/aromatic N) is 2. The van der Waals surface area contributed by atoms with Crippen molar-refractivity contribution in [2.75, 3.05) is 13.7 Å². The van der Waals surface area contributed by atoms with Crippen molar-refractivity contribution in [3.05, 3.63) is 41.0 Å². The summed E-state index contributed by atoms with van der Waals surface area (Å²) in [7, 11) is 1.25. The average Bonchev–Trinajstić information content (AvgIpc) is 2.97. The van der Waals surface area contributed by atoms with Gasteiger partial charge in [-0.2, -0.15) is 4.98 Å². The molecule has 22 heavy (non-hydrogen) atoms. The highest BCUT2D eigenvalue weighted by atomic mass is 19.2. The van der Waals surface area contributed by atoms with Crippen LogP contribution in [0.3, 0.4) is 0 Å². The van der Waals surface area contributed by atoms with Gasteiger partial charge in [-0.1, -0.05) is 5.16 Å². The van der Waals surface area contributed by atoms with Crippen molar-refractivity contribution in [2.24, 2.45) is 0 Å². The fraction of sp³-hybridized carbons (Fsp3) is 0.308. The fourth-order valence-electron chi connectivity index (χ4n) is 1.75. The number of methoxy groups -OCH3 is 1. The van der Waals surface area contributed by atoms with E-state index in [0.717, 1.165) is 6.07 Å². The molecule has 118 valence electrons. The Labute approximate surface area is 123 Å². The van der Waals surface area contributed by atoms with E-state index in [1.165, 1.54) is 13.2 Å². The van der Waals surface area contributed by atoms with Gasteiger partial charge >= 0.3 is 0 Å². The first-order valence-corrected chi connectivity index (χ1v) is 6.29. The fourth-order valence-corrected chi connectivity index (χ4v) is 1.75. The Morgan fingerprint density at radius 3 is 2.86 bits per heavy atom. The van der Waals surface area contributed by atoms with Gasteiger partial charge in [0, 0.05) is 13.0 Å². The number of ether oxygens (including phenoxy) is 1. The molecule has 2 rings (SSSR count). The topological polar surface area (TPSA) is 97.5 Å². The summed E-state index contributed by atoms with van der Waals surface area (Å²) in [6.45, 7) is -0.312. The smallest absolute Gasteiger partial charge is 0.258 e. The molecule has 9 heteroatoms. The molecule has 1 aromatic heterocycles. The highest BCUT2D eigenvalue weighted by molar-refractivity contribution is 5.97. The molecular formula is C13H13F2N3O4. The molecular weight excluding hydrogens is 300 g/mol. The van der Waals surface area contributed by atoms with Crippen LogP contribution in [0.5, 0.6) is 5.75 Å². The molecule has 0 saturated heterocycles. The number of halogens is 2. The number of aromatic nitrogens is 2. The van der Waals surface area contributed by atoms with Gasteiger partial charge < -0.3 is 19.7 Å². The zero-order valence-electron chi connectivity index (χ0n) is 11.6. The number of carbonyl (C=O) groups excluding carboxylic acids is 1. The van der Waals surface area contributed by atoms with E-state index in [0.29, 0.717) is 0 Å². The second-order valence-electron chi connectivity index (χ2n) is 4.21. The van der Waals surface area contributed by atoms with Crippen LogP contribution in [-0.4, -0.2) is 34.8 Å². The second-order valence-corrected chi connectivity index (χ2v) is 4.21. The molecule has 2 aromatic rings. The van der Waals surface area contributed by atoms with Crippen LogP contribution in [0.1, 0.15) is 22.1 Å². The Balaban J connectivity index is 2.02. The van der Waals surface area contributed by atoms with Gasteiger partial charge in [0.1, 0.15) is 17.9 Å². The van der Waals surface area contributed by atoms with Crippen molar-refractivity contribution in [1.29, 1.82) is 0 Å². The zero-order chi connectivity index (χ0) is 16.1. The summed E-state index contributed by atoms with van der Waals surface area (Å²) in [6, 6.07) is 2.04. The third-order valence-electron chi connectivity index (χ3n) is 2.78. The summed E-state index contributed by atoms with van der Waals surface area (Å²) < 4.78 is 36.5. The molecule has 1 amide bonds. The minimum absolute atomic E-state index is 0.0548. The van der Waals surface area contributed by atoms with Gasteiger partial charge in [0.25, 0.3) is 11.8 Å². The molecule has 0 atom stereocenters. The maximum atomic E-state index is 13.7. The van der Waals surface area contributed by atoms with Crippen molar-refractivity contribution in [3.63, 3.8) is 0 Å². The van der Waals surface area contributed by atoms with Crippen LogP contribution in [0, 0.1) is 11.6 Å². The molecule has 1 heterocycles. The first-order chi connectivity index (χ1) is 10.6. The summed E-state index contributed by atoms with van der Waals surface area (Å²) in [5, 5.41) is 14.7. The monoisotopic (exact) mass is 313 g/mol. The molecule has 0 saturated carbocycles. The summed E-state index contributed by atoms with van der Waals surface area (Å²) in [5.74, 6) is -2.98. The van der Waals surface area contributed by atoms with Crippen LogP contribution in [0.25, 0.3) is 0 Å². The first-order valence-electron chi connectivity index (χ1n) is 6.29. The third kappa shape index (κ3) is 3.37. The van der Waals surface area contributed by atoms with Crippen LogP contribution >= 0.6 is 0 Å². The Morgan fingerprint density at radius 2 is 2.23 bits per heavy atom. The SMILES string of the molecule is COc1ccc(F)c(F)c1C(=O)NCCc1noc(CO)n1. The minimum atomic E-state index is -1.28.